The number of carbonyl (C=O) groups is 1. The minimum Gasteiger partial charge on any atom is -0.512 e. The van der Waals surface area contributed by atoms with E-state index in [-0.39, 0.29) is 16.7 Å². The molecular formula is C29H35N3O5S. The molecule has 38 heavy (non-hydrogen) atoms. The Labute approximate surface area is 224 Å². The summed E-state index contributed by atoms with van der Waals surface area (Å²) in [5.74, 6) is -0.254. The van der Waals surface area contributed by atoms with Crippen LogP contribution in [0.3, 0.4) is 0 Å². The second-order valence-corrected chi connectivity index (χ2v) is 11.5. The third-order valence-electron chi connectivity index (χ3n) is 7.22. The summed E-state index contributed by atoms with van der Waals surface area (Å²) in [6.45, 7) is 4.02. The molecule has 1 aliphatic rings. The number of primary sulfonamides is 1. The van der Waals surface area contributed by atoms with Crippen LogP contribution in [0.25, 0.3) is 11.4 Å². The minimum atomic E-state index is -3.92. The van der Waals surface area contributed by atoms with Crippen molar-refractivity contribution in [3.8, 4) is 11.4 Å². The molecule has 0 fully saturated rings. The number of imidazole rings is 1. The van der Waals surface area contributed by atoms with Crippen molar-refractivity contribution in [2.24, 2.45) is 12.2 Å². The molecule has 2 unspecified atom stereocenters. The Morgan fingerprint density at radius 3 is 2.34 bits per heavy atom. The molecule has 2 aromatic carbocycles. The minimum absolute atomic E-state index is 0.0978. The first-order valence-corrected chi connectivity index (χ1v) is 14.5. The lowest BCUT2D eigenvalue weighted by molar-refractivity contribution is -0.161. The van der Waals surface area contributed by atoms with Crippen LogP contribution in [0.15, 0.2) is 77.2 Å². The van der Waals surface area contributed by atoms with Crippen molar-refractivity contribution in [1.29, 1.82) is 0 Å². The Morgan fingerprint density at radius 1 is 1.11 bits per heavy atom. The summed E-state index contributed by atoms with van der Waals surface area (Å²) in [6.07, 6.45) is 5.18. The molecule has 3 N–H and O–H groups in total. The molecule has 0 bridgehead atoms. The van der Waals surface area contributed by atoms with Crippen molar-refractivity contribution >= 4 is 16.0 Å². The van der Waals surface area contributed by atoms with Crippen molar-refractivity contribution in [1.82, 2.24) is 9.55 Å². The quantitative estimate of drug-likeness (QED) is 0.344. The number of carbonyl (C=O) groups excluding carboxylic acids is 1. The SMILES string of the molecule is CCCC1(CCc2ccccc2)CC(O)=C(C(CC)c2ccc(-c3nc(S(N)(=O)=O)cn3C)cc2)C(=O)O1. The molecule has 2 atom stereocenters. The van der Waals surface area contributed by atoms with Crippen molar-refractivity contribution < 1.29 is 23.1 Å². The summed E-state index contributed by atoms with van der Waals surface area (Å²) in [7, 11) is -2.22. The average molecular weight is 538 g/mol. The van der Waals surface area contributed by atoms with Crippen LogP contribution >= 0.6 is 0 Å². The molecule has 0 aliphatic carbocycles. The molecule has 1 aromatic heterocycles. The van der Waals surface area contributed by atoms with Gasteiger partial charge in [0, 0.05) is 31.1 Å². The number of nitrogens with zero attached hydrogens (tertiary/aromatic N) is 2. The second-order valence-electron chi connectivity index (χ2n) is 9.99. The molecule has 9 heteroatoms. The van der Waals surface area contributed by atoms with Crippen LogP contribution in [0.2, 0.25) is 0 Å². The van der Waals surface area contributed by atoms with E-state index in [0.717, 1.165) is 18.4 Å². The van der Waals surface area contributed by atoms with Gasteiger partial charge in [0.2, 0.25) is 0 Å². The monoisotopic (exact) mass is 537 g/mol. The molecule has 8 nitrogen and oxygen atoms in total. The van der Waals surface area contributed by atoms with Gasteiger partial charge in [-0.25, -0.2) is 23.3 Å². The van der Waals surface area contributed by atoms with Crippen LogP contribution < -0.4 is 5.14 Å². The standard InChI is InChI=1S/C29H35N3O5S/c1-4-16-29(17-15-20-9-7-6-8-10-20)18-24(33)26(28(34)37-29)23(5-2)21-11-13-22(14-12-21)27-31-25(19-32(27)3)38(30,35)36/h6-14,19,23,33H,4-5,15-18H2,1-3H3,(H2,30,35,36). The topological polar surface area (TPSA) is 125 Å². The van der Waals surface area contributed by atoms with E-state index in [1.165, 1.54) is 11.8 Å². The average Bonchev–Trinajstić information content (AvgIpc) is 3.28. The Bertz CT molecular complexity index is 1430. The van der Waals surface area contributed by atoms with Gasteiger partial charge < -0.3 is 14.4 Å². The summed E-state index contributed by atoms with van der Waals surface area (Å²) >= 11 is 0. The molecule has 1 aliphatic heterocycles. The van der Waals surface area contributed by atoms with Gasteiger partial charge in [-0.15, -0.1) is 0 Å². The van der Waals surface area contributed by atoms with Gasteiger partial charge >= 0.3 is 5.97 Å². The Morgan fingerprint density at radius 2 is 1.79 bits per heavy atom. The predicted octanol–water partition coefficient (Wildman–Crippen LogP) is 5.16. The number of hydrogen-bond donors (Lipinski definition) is 2. The lowest BCUT2D eigenvalue weighted by Gasteiger charge is -2.38. The fourth-order valence-corrected chi connectivity index (χ4v) is 5.86. The van der Waals surface area contributed by atoms with Crippen molar-refractivity contribution in [2.45, 2.75) is 68.9 Å². The zero-order valence-electron chi connectivity index (χ0n) is 22.1. The Hall–Kier alpha value is -3.43. The van der Waals surface area contributed by atoms with E-state index >= 15 is 0 Å². The van der Waals surface area contributed by atoms with Crippen LogP contribution in [0, 0.1) is 0 Å². The van der Waals surface area contributed by atoms with Gasteiger partial charge in [-0.1, -0.05) is 74.9 Å². The van der Waals surface area contributed by atoms with E-state index in [1.54, 1.807) is 11.6 Å². The number of rotatable bonds is 10. The number of esters is 1. The van der Waals surface area contributed by atoms with Gasteiger partial charge in [-0.05, 0) is 36.8 Å². The van der Waals surface area contributed by atoms with E-state index in [2.05, 4.69) is 24.0 Å². The second kappa shape index (κ2) is 11.1. The zero-order chi connectivity index (χ0) is 27.5. The summed E-state index contributed by atoms with van der Waals surface area (Å²) in [5, 5.41) is 16.2. The molecular weight excluding hydrogens is 502 g/mol. The van der Waals surface area contributed by atoms with E-state index in [0.29, 0.717) is 42.6 Å². The number of aryl methyl sites for hydroxylation is 2. The third kappa shape index (κ3) is 5.84. The fourth-order valence-electron chi connectivity index (χ4n) is 5.34. The lowest BCUT2D eigenvalue weighted by Crippen LogP contribution is -2.41. The number of ether oxygens (including phenoxy) is 1. The van der Waals surface area contributed by atoms with Crippen LogP contribution in [0.4, 0.5) is 0 Å². The van der Waals surface area contributed by atoms with Gasteiger partial charge in [0.05, 0.1) is 5.57 Å². The lowest BCUT2D eigenvalue weighted by atomic mass is 9.80. The molecule has 0 radical (unpaired) electrons. The molecule has 2 heterocycles. The number of aromatic nitrogens is 2. The summed E-state index contributed by atoms with van der Waals surface area (Å²) < 4.78 is 31.1. The fraction of sp³-hybridized carbons (Fsp3) is 0.379. The first-order chi connectivity index (χ1) is 18.1. The molecule has 0 saturated carbocycles. The highest BCUT2D eigenvalue weighted by molar-refractivity contribution is 7.89. The maximum atomic E-state index is 13.4. The van der Waals surface area contributed by atoms with E-state index in [1.807, 2.05) is 49.4 Å². The first-order valence-electron chi connectivity index (χ1n) is 12.9. The summed E-state index contributed by atoms with van der Waals surface area (Å²) in [5.41, 5.74) is 2.30. The van der Waals surface area contributed by atoms with E-state index in [4.69, 9.17) is 9.88 Å². The van der Waals surface area contributed by atoms with E-state index < -0.39 is 21.6 Å². The molecule has 0 spiro atoms. The number of nitrogens with two attached hydrogens (primary N) is 1. The van der Waals surface area contributed by atoms with Crippen LogP contribution in [-0.2, 0) is 33.0 Å². The number of aliphatic hydroxyl groups excluding tert-OH is 1. The zero-order valence-corrected chi connectivity index (χ0v) is 22.9. The maximum absolute atomic E-state index is 13.4. The molecule has 4 rings (SSSR count). The number of aliphatic hydroxyl groups is 1. The van der Waals surface area contributed by atoms with Gasteiger partial charge in [0.15, 0.2) is 5.03 Å². The van der Waals surface area contributed by atoms with Crippen molar-refractivity contribution in [3.05, 3.63) is 83.3 Å². The maximum Gasteiger partial charge on any atom is 0.338 e. The van der Waals surface area contributed by atoms with E-state index in [9.17, 15) is 18.3 Å². The highest BCUT2D eigenvalue weighted by Crippen LogP contribution is 2.42. The highest BCUT2D eigenvalue weighted by Gasteiger charge is 2.43. The van der Waals surface area contributed by atoms with Crippen LogP contribution in [0.5, 0.6) is 0 Å². The summed E-state index contributed by atoms with van der Waals surface area (Å²) in [6, 6.07) is 17.5. The Kier molecular flexibility index (Phi) is 8.08. The smallest absolute Gasteiger partial charge is 0.338 e. The number of sulfonamides is 1. The highest BCUT2D eigenvalue weighted by atomic mass is 32.2. The third-order valence-corrected chi connectivity index (χ3v) is 8.00. The molecule has 0 amide bonds. The summed E-state index contributed by atoms with van der Waals surface area (Å²) in [4.78, 5) is 17.5. The van der Waals surface area contributed by atoms with Crippen LogP contribution in [0.1, 0.15) is 63.0 Å². The normalized spacial score (nSPS) is 18.9. The number of cyclic esters (lactones) is 1. The molecule has 3 aromatic rings. The number of benzene rings is 2. The van der Waals surface area contributed by atoms with Crippen molar-refractivity contribution in [3.63, 3.8) is 0 Å². The Balaban J connectivity index is 1.59. The first kappa shape index (κ1) is 27.6. The van der Waals surface area contributed by atoms with Gasteiger partial charge in [0.1, 0.15) is 17.2 Å². The van der Waals surface area contributed by atoms with Gasteiger partial charge in [0.25, 0.3) is 10.0 Å². The number of hydrogen-bond acceptors (Lipinski definition) is 6. The van der Waals surface area contributed by atoms with Gasteiger partial charge in [-0.2, -0.15) is 0 Å². The van der Waals surface area contributed by atoms with Crippen molar-refractivity contribution in [2.75, 3.05) is 0 Å². The largest absolute Gasteiger partial charge is 0.512 e. The predicted molar refractivity (Wildman–Crippen MR) is 146 cm³/mol. The molecule has 202 valence electrons. The van der Waals surface area contributed by atoms with Gasteiger partial charge in [-0.3, -0.25) is 0 Å². The van der Waals surface area contributed by atoms with Crippen LogP contribution in [-0.4, -0.2) is 34.6 Å². The molecule has 0 saturated heterocycles.